The highest BCUT2D eigenvalue weighted by Gasteiger charge is 2.31. The molecule has 3 rings (SSSR count). The molecule has 1 amide bonds. The maximum absolute atomic E-state index is 13.7. The molecule has 1 heterocycles. The molecule has 35 heavy (non-hydrogen) atoms. The molecule has 1 aliphatic heterocycles. The first-order valence-corrected chi connectivity index (χ1v) is 11.2. The normalized spacial score (nSPS) is 14.5. The van der Waals surface area contributed by atoms with Crippen LogP contribution in [0.1, 0.15) is 10.4 Å². The summed E-state index contributed by atoms with van der Waals surface area (Å²) in [7, 11) is -2.88. The summed E-state index contributed by atoms with van der Waals surface area (Å²) in [6, 6.07) is 3.27. The highest BCUT2D eigenvalue weighted by Crippen LogP contribution is 2.29. The molecule has 0 spiro atoms. The van der Waals surface area contributed by atoms with E-state index in [1.807, 2.05) is 0 Å². The molecule has 0 unspecified atom stereocenters. The molecule has 1 fully saturated rings. The number of anilines is 1. The lowest BCUT2D eigenvalue weighted by atomic mass is 10.2. The SMILES string of the molecule is COc1ccc(C(=O)OCC(=O)Nc2c(F)c(F)c(F)c(F)c2F)cc1S(=O)(=O)N1CCOCC1. The first-order chi connectivity index (χ1) is 16.5. The van der Waals surface area contributed by atoms with Crippen molar-refractivity contribution in [2.75, 3.05) is 45.3 Å². The Morgan fingerprint density at radius 3 is 2.14 bits per heavy atom. The number of nitrogens with zero attached hydrogens (tertiary/aromatic N) is 1. The number of rotatable bonds is 7. The number of hydrogen-bond acceptors (Lipinski definition) is 7. The van der Waals surface area contributed by atoms with Gasteiger partial charge in [-0.1, -0.05) is 0 Å². The second-order valence-corrected chi connectivity index (χ2v) is 8.86. The third-order valence-electron chi connectivity index (χ3n) is 4.80. The average Bonchev–Trinajstić information content (AvgIpc) is 2.87. The topological polar surface area (TPSA) is 111 Å². The van der Waals surface area contributed by atoms with Gasteiger partial charge < -0.3 is 19.5 Å². The van der Waals surface area contributed by atoms with Gasteiger partial charge in [0.2, 0.25) is 15.8 Å². The molecule has 0 saturated carbocycles. The zero-order valence-electron chi connectivity index (χ0n) is 17.9. The van der Waals surface area contributed by atoms with Crippen molar-refractivity contribution in [3.05, 3.63) is 52.8 Å². The molecular formula is C20H17F5N2O7S. The highest BCUT2D eigenvalue weighted by atomic mass is 32.2. The quantitative estimate of drug-likeness (QED) is 0.256. The molecule has 1 N–H and O–H groups in total. The van der Waals surface area contributed by atoms with Gasteiger partial charge in [0.05, 0.1) is 25.9 Å². The molecule has 1 aliphatic rings. The largest absolute Gasteiger partial charge is 0.495 e. The van der Waals surface area contributed by atoms with Crippen molar-refractivity contribution in [3.8, 4) is 5.75 Å². The van der Waals surface area contributed by atoms with Crippen molar-refractivity contribution in [2.45, 2.75) is 4.90 Å². The van der Waals surface area contributed by atoms with Crippen LogP contribution in [0.3, 0.4) is 0 Å². The summed E-state index contributed by atoms with van der Waals surface area (Å²) in [5.74, 6) is -14.2. The molecule has 2 aromatic carbocycles. The van der Waals surface area contributed by atoms with Gasteiger partial charge in [-0.15, -0.1) is 0 Å². The lowest BCUT2D eigenvalue weighted by Crippen LogP contribution is -2.40. The van der Waals surface area contributed by atoms with Crippen LogP contribution in [0.2, 0.25) is 0 Å². The minimum atomic E-state index is -4.10. The van der Waals surface area contributed by atoms with Gasteiger partial charge in [0, 0.05) is 13.1 Å². The minimum Gasteiger partial charge on any atom is -0.495 e. The van der Waals surface area contributed by atoms with Gasteiger partial charge in [-0.05, 0) is 18.2 Å². The molecule has 2 aromatic rings. The zero-order valence-corrected chi connectivity index (χ0v) is 18.7. The van der Waals surface area contributed by atoms with Crippen LogP contribution in [0.15, 0.2) is 23.1 Å². The van der Waals surface area contributed by atoms with Crippen molar-refractivity contribution in [3.63, 3.8) is 0 Å². The molecule has 0 atom stereocenters. The summed E-state index contributed by atoms with van der Waals surface area (Å²) >= 11 is 0. The number of esters is 1. The van der Waals surface area contributed by atoms with Crippen LogP contribution in [0.25, 0.3) is 0 Å². The Kier molecular flexibility index (Phi) is 7.92. The number of halogens is 5. The summed E-state index contributed by atoms with van der Waals surface area (Å²) in [4.78, 5) is 23.9. The molecule has 0 bridgehead atoms. The van der Waals surface area contributed by atoms with Crippen molar-refractivity contribution < 1.29 is 54.2 Å². The smallest absolute Gasteiger partial charge is 0.338 e. The number of nitrogens with one attached hydrogen (secondary N) is 1. The van der Waals surface area contributed by atoms with E-state index in [4.69, 9.17) is 9.47 Å². The summed E-state index contributed by atoms with van der Waals surface area (Å²) in [5, 5.41) is 1.44. The van der Waals surface area contributed by atoms with E-state index in [9.17, 15) is 40.0 Å². The first kappa shape index (κ1) is 26.3. The molecule has 0 aliphatic carbocycles. The predicted octanol–water partition coefficient (Wildman–Crippen LogP) is 2.21. The van der Waals surface area contributed by atoms with Crippen LogP contribution < -0.4 is 10.1 Å². The summed E-state index contributed by atoms with van der Waals surface area (Å²) in [6.07, 6.45) is 0. The van der Waals surface area contributed by atoms with E-state index in [2.05, 4.69) is 4.74 Å². The highest BCUT2D eigenvalue weighted by molar-refractivity contribution is 7.89. The number of methoxy groups -OCH3 is 1. The standard InChI is InChI=1S/C20H17F5N2O7S/c1-32-11-3-2-10(8-12(11)35(30,31)27-4-6-33-7-5-27)20(29)34-9-13(28)26-19-17(24)15(22)14(21)16(23)18(19)25/h2-3,8H,4-7,9H2,1H3,(H,26,28). The van der Waals surface area contributed by atoms with E-state index < -0.39 is 63.3 Å². The van der Waals surface area contributed by atoms with E-state index in [-0.39, 0.29) is 42.5 Å². The summed E-state index contributed by atoms with van der Waals surface area (Å²) in [6.45, 7) is -0.713. The average molecular weight is 524 g/mol. The minimum absolute atomic E-state index is 0.0675. The summed E-state index contributed by atoms with van der Waals surface area (Å²) < 4.78 is 109. The first-order valence-electron chi connectivity index (χ1n) is 9.73. The van der Waals surface area contributed by atoms with Crippen molar-refractivity contribution in [1.82, 2.24) is 4.31 Å². The molecule has 190 valence electrons. The van der Waals surface area contributed by atoms with Crippen LogP contribution in [-0.4, -0.2) is 64.6 Å². The van der Waals surface area contributed by atoms with E-state index in [1.54, 1.807) is 0 Å². The van der Waals surface area contributed by atoms with Crippen LogP contribution >= 0.6 is 0 Å². The zero-order chi connectivity index (χ0) is 25.9. The Morgan fingerprint density at radius 2 is 1.57 bits per heavy atom. The molecular weight excluding hydrogens is 507 g/mol. The number of ether oxygens (including phenoxy) is 3. The monoisotopic (exact) mass is 524 g/mol. The van der Waals surface area contributed by atoms with Crippen LogP contribution in [0, 0.1) is 29.1 Å². The molecule has 0 radical (unpaired) electrons. The van der Waals surface area contributed by atoms with Gasteiger partial charge in [-0.2, -0.15) is 4.31 Å². The molecule has 1 saturated heterocycles. The molecule has 0 aromatic heterocycles. The number of hydrogen-bond donors (Lipinski definition) is 1. The van der Waals surface area contributed by atoms with Gasteiger partial charge in [-0.3, -0.25) is 4.79 Å². The third kappa shape index (κ3) is 5.36. The second kappa shape index (κ2) is 10.5. The maximum Gasteiger partial charge on any atom is 0.338 e. The van der Waals surface area contributed by atoms with Gasteiger partial charge in [0.1, 0.15) is 16.3 Å². The van der Waals surface area contributed by atoms with Gasteiger partial charge in [-0.25, -0.2) is 35.2 Å². The Bertz CT molecular complexity index is 1240. The Hall–Kier alpha value is -3.30. The number of sulfonamides is 1. The third-order valence-corrected chi connectivity index (χ3v) is 6.72. The second-order valence-electron chi connectivity index (χ2n) is 6.95. The van der Waals surface area contributed by atoms with Crippen molar-refractivity contribution >= 4 is 27.6 Å². The van der Waals surface area contributed by atoms with E-state index >= 15 is 0 Å². The van der Waals surface area contributed by atoms with Crippen LogP contribution in [0.4, 0.5) is 27.6 Å². The number of amides is 1. The molecule has 9 nitrogen and oxygen atoms in total. The predicted molar refractivity (Wildman–Crippen MR) is 108 cm³/mol. The van der Waals surface area contributed by atoms with Crippen LogP contribution in [0.5, 0.6) is 5.75 Å². The lowest BCUT2D eigenvalue weighted by Gasteiger charge is -2.26. The fourth-order valence-electron chi connectivity index (χ4n) is 3.04. The number of benzene rings is 2. The van der Waals surface area contributed by atoms with E-state index in [1.165, 1.54) is 18.5 Å². The lowest BCUT2D eigenvalue weighted by molar-refractivity contribution is -0.119. The van der Waals surface area contributed by atoms with Crippen LogP contribution in [-0.2, 0) is 24.3 Å². The molecule has 15 heteroatoms. The Balaban J connectivity index is 1.75. The van der Waals surface area contributed by atoms with E-state index in [0.717, 1.165) is 16.4 Å². The number of carbonyl (C=O) groups is 2. The number of morpholine rings is 1. The fourth-order valence-corrected chi connectivity index (χ4v) is 4.63. The van der Waals surface area contributed by atoms with Gasteiger partial charge in [0.25, 0.3) is 5.91 Å². The van der Waals surface area contributed by atoms with Gasteiger partial charge >= 0.3 is 5.97 Å². The Labute approximate surface area is 195 Å². The Morgan fingerprint density at radius 1 is 1.00 bits per heavy atom. The van der Waals surface area contributed by atoms with E-state index in [0.29, 0.717) is 0 Å². The maximum atomic E-state index is 13.7. The van der Waals surface area contributed by atoms with Crippen molar-refractivity contribution in [2.24, 2.45) is 0 Å². The number of carbonyl (C=O) groups excluding carboxylic acids is 2. The van der Waals surface area contributed by atoms with Gasteiger partial charge in [0.15, 0.2) is 29.9 Å². The summed E-state index contributed by atoms with van der Waals surface area (Å²) in [5.41, 5.74) is -1.94. The van der Waals surface area contributed by atoms with Crippen molar-refractivity contribution in [1.29, 1.82) is 0 Å². The fraction of sp³-hybridized carbons (Fsp3) is 0.300.